The number of hydrogen-bond donors (Lipinski definition) is 1. The topological polar surface area (TPSA) is 18.5 Å². The Kier molecular flexibility index (Phi) is 5.58. The molecule has 2 unspecified atom stereocenters. The Morgan fingerprint density at radius 2 is 2.00 bits per heavy atom. The van der Waals surface area contributed by atoms with Crippen LogP contribution in [0.5, 0.6) is 0 Å². The number of rotatable bonds is 4. The Labute approximate surface area is 94.8 Å². The number of nitrogens with zero attached hydrogens (tertiary/aromatic N) is 2. The lowest BCUT2D eigenvalue weighted by Crippen LogP contribution is -2.39. The van der Waals surface area contributed by atoms with Crippen LogP contribution in [0.3, 0.4) is 0 Å². The van der Waals surface area contributed by atoms with Gasteiger partial charge in [-0.1, -0.05) is 6.92 Å². The molecule has 0 aromatic heterocycles. The molecule has 0 aromatic rings. The molecular weight excluding hydrogens is 186 g/mol. The van der Waals surface area contributed by atoms with E-state index < -0.39 is 0 Å². The maximum Gasteiger partial charge on any atom is 0.0192 e. The van der Waals surface area contributed by atoms with Crippen LogP contribution in [0.1, 0.15) is 20.3 Å². The predicted octanol–water partition coefficient (Wildman–Crippen LogP) is 0.868. The summed E-state index contributed by atoms with van der Waals surface area (Å²) in [6, 6.07) is 0.692. The summed E-state index contributed by atoms with van der Waals surface area (Å²) in [5, 5.41) is 3.52. The molecule has 3 nitrogen and oxygen atoms in total. The molecule has 0 amide bonds. The Morgan fingerprint density at radius 1 is 1.27 bits per heavy atom. The van der Waals surface area contributed by atoms with Crippen LogP contribution in [0.15, 0.2) is 0 Å². The van der Waals surface area contributed by atoms with Crippen LogP contribution >= 0.6 is 0 Å². The molecule has 0 bridgehead atoms. The van der Waals surface area contributed by atoms with Crippen LogP contribution in [-0.4, -0.2) is 62.7 Å². The van der Waals surface area contributed by atoms with Crippen LogP contribution in [0.2, 0.25) is 0 Å². The highest BCUT2D eigenvalue weighted by atomic mass is 15.2. The highest BCUT2D eigenvalue weighted by molar-refractivity contribution is 4.77. The monoisotopic (exact) mass is 213 g/mol. The molecule has 0 radical (unpaired) electrons. The van der Waals surface area contributed by atoms with Crippen LogP contribution in [0.25, 0.3) is 0 Å². The summed E-state index contributed by atoms with van der Waals surface area (Å²) in [5.74, 6) is 0.786. The summed E-state index contributed by atoms with van der Waals surface area (Å²) >= 11 is 0. The van der Waals surface area contributed by atoms with Gasteiger partial charge in [0.05, 0.1) is 0 Å². The SMILES string of the molecule is CC1CNCC(C)N(CCCN(C)C)C1. The molecule has 1 heterocycles. The van der Waals surface area contributed by atoms with Crippen molar-refractivity contribution in [1.82, 2.24) is 15.1 Å². The van der Waals surface area contributed by atoms with E-state index in [1.807, 2.05) is 0 Å². The van der Waals surface area contributed by atoms with E-state index in [1.165, 1.54) is 32.6 Å². The molecule has 1 aliphatic heterocycles. The van der Waals surface area contributed by atoms with Crippen LogP contribution in [0, 0.1) is 5.92 Å². The summed E-state index contributed by atoms with van der Waals surface area (Å²) in [6.45, 7) is 10.7. The summed E-state index contributed by atoms with van der Waals surface area (Å²) in [5.41, 5.74) is 0. The largest absolute Gasteiger partial charge is 0.315 e. The van der Waals surface area contributed by atoms with Gasteiger partial charge in [-0.2, -0.15) is 0 Å². The van der Waals surface area contributed by atoms with E-state index in [0.717, 1.165) is 12.5 Å². The first kappa shape index (κ1) is 12.9. The maximum absolute atomic E-state index is 3.52. The molecule has 0 saturated carbocycles. The lowest BCUT2D eigenvalue weighted by Gasteiger charge is -2.28. The van der Waals surface area contributed by atoms with Gasteiger partial charge in [0.25, 0.3) is 0 Å². The minimum Gasteiger partial charge on any atom is -0.315 e. The smallest absolute Gasteiger partial charge is 0.0192 e. The quantitative estimate of drug-likeness (QED) is 0.747. The van der Waals surface area contributed by atoms with E-state index in [1.54, 1.807) is 0 Å². The van der Waals surface area contributed by atoms with Gasteiger partial charge in [0, 0.05) is 19.1 Å². The van der Waals surface area contributed by atoms with Gasteiger partial charge in [-0.05, 0) is 53.0 Å². The van der Waals surface area contributed by atoms with Crippen LogP contribution < -0.4 is 5.32 Å². The second-order valence-corrected chi connectivity index (χ2v) is 5.26. The van der Waals surface area contributed by atoms with E-state index in [4.69, 9.17) is 0 Å². The Hall–Kier alpha value is -0.120. The second-order valence-electron chi connectivity index (χ2n) is 5.26. The average molecular weight is 213 g/mol. The zero-order valence-corrected chi connectivity index (χ0v) is 10.8. The van der Waals surface area contributed by atoms with Crippen molar-refractivity contribution in [2.24, 2.45) is 5.92 Å². The fourth-order valence-corrected chi connectivity index (χ4v) is 2.21. The molecule has 3 heteroatoms. The Morgan fingerprint density at radius 3 is 2.67 bits per heavy atom. The van der Waals surface area contributed by atoms with E-state index in [9.17, 15) is 0 Å². The zero-order chi connectivity index (χ0) is 11.3. The van der Waals surface area contributed by atoms with E-state index in [0.29, 0.717) is 6.04 Å². The van der Waals surface area contributed by atoms with Crippen LogP contribution in [0.4, 0.5) is 0 Å². The Balaban J connectivity index is 2.29. The highest BCUT2D eigenvalue weighted by Gasteiger charge is 2.19. The molecular formula is C12H27N3. The van der Waals surface area contributed by atoms with Crippen LogP contribution in [-0.2, 0) is 0 Å². The summed E-state index contributed by atoms with van der Waals surface area (Å²) in [4.78, 5) is 4.90. The molecule has 0 aromatic carbocycles. The van der Waals surface area contributed by atoms with Gasteiger partial charge in [0.15, 0.2) is 0 Å². The predicted molar refractivity (Wildman–Crippen MR) is 66.2 cm³/mol. The van der Waals surface area contributed by atoms with Crippen molar-refractivity contribution in [3.05, 3.63) is 0 Å². The molecule has 1 aliphatic rings. The zero-order valence-electron chi connectivity index (χ0n) is 10.8. The van der Waals surface area contributed by atoms with Gasteiger partial charge in [-0.15, -0.1) is 0 Å². The molecule has 15 heavy (non-hydrogen) atoms. The third-order valence-electron chi connectivity index (χ3n) is 3.15. The van der Waals surface area contributed by atoms with Gasteiger partial charge in [0.1, 0.15) is 0 Å². The van der Waals surface area contributed by atoms with Crippen molar-refractivity contribution >= 4 is 0 Å². The van der Waals surface area contributed by atoms with Crippen molar-refractivity contribution in [2.45, 2.75) is 26.3 Å². The molecule has 1 saturated heterocycles. The minimum absolute atomic E-state index is 0.692. The summed E-state index contributed by atoms with van der Waals surface area (Å²) < 4.78 is 0. The molecule has 0 aliphatic carbocycles. The van der Waals surface area contributed by atoms with E-state index in [-0.39, 0.29) is 0 Å². The van der Waals surface area contributed by atoms with Gasteiger partial charge in [0.2, 0.25) is 0 Å². The standard InChI is InChI=1S/C12H27N3/c1-11-8-13-9-12(2)15(10-11)7-5-6-14(3)4/h11-13H,5-10H2,1-4H3. The summed E-state index contributed by atoms with van der Waals surface area (Å²) in [7, 11) is 4.30. The first-order valence-electron chi connectivity index (χ1n) is 6.19. The second kappa shape index (κ2) is 6.46. The van der Waals surface area contributed by atoms with Gasteiger partial charge in [-0.25, -0.2) is 0 Å². The molecule has 90 valence electrons. The fourth-order valence-electron chi connectivity index (χ4n) is 2.21. The highest BCUT2D eigenvalue weighted by Crippen LogP contribution is 2.08. The lowest BCUT2D eigenvalue weighted by atomic mass is 10.1. The van der Waals surface area contributed by atoms with E-state index in [2.05, 4.69) is 43.1 Å². The molecule has 1 N–H and O–H groups in total. The number of hydrogen-bond acceptors (Lipinski definition) is 3. The van der Waals surface area contributed by atoms with Crippen molar-refractivity contribution < 1.29 is 0 Å². The van der Waals surface area contributed by atoms with Crippen molar-refractivity contribution in [1.29, 1.82) is 0 Å². The summed E-state index contributed by atoms with van der Waals surface area (Å²) in [6.07, 6.45) is 1.28. The minimum atomic E-state index is 0.692. The van der Waals surface area contributed by atoms with Crippen molar-refractivity contribution in [3.8, 4) is 0 Å². The molecule has 0 spiro atoms. The maximum atomic E-state index is 3.52. The molecule has 2 atom stereocenters. The number of nitrogens with one attached hydrogen (secondary N) is 1. The van der Waals surface area contributed by atoms with Crippen molar-refractivity contribution in [2.75, 3.05) is 46.8 Å². The first-order valence-corrected chi connectivity index (χ1v) is 6.19. The van der Waals surface area contributed by atoms with Gasteiger partial charge >= 0.3 is 0 Å². The molecule has 1 fully saturated rings. The average Bonchev–Trinajstić information content (AvgIpc) is 2.29. The normalized spacial score (nSPS) is 29.4. The third kappa shape index (κ3) is 4.96. The third-order valence-corrected chi connectivity index (χ3v) is 3.15. The Bertz CT molecular complexity index is 170. The van der Waals surface area contributed by atoms with Crippen molar-refractivity contribution in [3.63, 3.8) is 0 Å². The van der Waals surface area contributed by atoms with Gasteiger partial charge < -0.3 is 10.2 Å². The first-order chi connectivity index (χ1) is 7.09. The van der Waals surface area contributed by atoms with Gasteiger partial charge in [-0.3, -0.25) is 4.90 Å². The van der Waals surface area contributed by atoms with E-state index >= 15 is 0 Å². The molecule has 1 rings (SSSR count). The lowest BCUT2D eigenvalue weighted by molar-refractivity contribution is 0.194. The fraction of sp³-hybridized carbons (Fsp3) is 1.00.